The molecular weight excluding hydrogens is 229 g/mol. The van der Waals surface area contributed by atoms with Crippen LogP contribution in [0.4, 0.5) is 10.1 Å². The summed E-state index contributed by atoms with van der Waals surface area (Å²) >= 11 is 0. The van der Waals surface area contributed by atoms with E-state index in [1.54, 1.807) is 6.07 Å². The number of rotatable bonds is 2. The van der Waals surface area contributed by atoms with Crippen molar-refractivity contribution in [1.29, 1.82) is 0 Å². The lowest BCUT2D eigenvalue weighted by Gasteiger charge is -2.20. The van der Waals surface area contributed by atoms with Crippen LogP contribution in [0.2, 0.25) is 0 Å². The fraction of sp³-hybridized carbons (Fsp3) is 0.455. The molecule has 1 N–H and O–H groups in total. The van der Waals surface area contributed by atoms with Gasteiger partial charge in [-0.25, -0.2) is 12.8 Å². The second-order valence-electron chi connectivity index (χ2n) is 4.85. The van der Waals surface area contributed by atoms with Gasteiger partial charge in [-0.2, -0.15) is 0 Å². The van der Waals surface area contributed by atoms with Crippen molar-refractivity contribution in [2.24, 2.45) is 0 Å². The minimum Gasteiger partial charge on any atom is -0.284 e. The Hall–Kier alpha value is -1.10. The Morgan fingerprint density at radius 1 is 1.19 bits per heavy atom. The first kappa shape index (κ1) is 13.0. The number of halogens is 1. The number of sulfonamides is 1. The van der Waals surface area contributed by atoms with Crippen LogP contribution < -0.4 is 4.72 Å². The van der Waals surface area contributed by atoms with Gasteiger partial charge in [-0.15, -0.1) is 0 Å². The van der Waals surface area contributed by atoms with Crippen LogP contribution in [0.1, 0.15) is 26.3 Å². The molecule has 1 rings (SSSR count). The summed E-state index contributed by atoms with van der Waals surface area (Å²) in [5, 5.41) is 0. The van der Waals surface area contributed by atoms with E-state index in [0.717, 1.165) is 17.9 Å². The van der Waals surface area contributed by atoms with Crippen LogP contribution in [0.15, 0.2) is 18.2 Å². The van der Waals surface area contributed by atoms with Gasteiger partial charge in [-0.1, -0.05) is 20.8 Å². The van der Waals surface area contributed by atoms with Crippen molar-refractivity contribution in [3.8, 4) is 0 Å². The summed E-state index contributed by atoms with van der Waals surface area (Å²) < 4.78 is 37.6. The van der Waals surface area contributed by atoms with Gasteiger partial charge < -0.3 is 0 Å². The first-order valence-corrected chi connectivity index (χ1v) is 6.76. The van der Waals surface area contributed by atoms with Crippen LogP contribution in [0.5, 0.6) is 0 Å². The summed E-state index contributed by atoms with van der Waals surface area (Å²) in [6, 6.07) is 4.22. The van der Waals surface area contributed by atoms with E-state index in [4.69, 9.17) is 0 Å². The van der Waals surface area contributed by atoms with Crippen LogP contribution >= 0.6 is 0 Å². The fourth-order valence-corrected chi connectivity index (χ4v) is 1.84. The van der Waals surface area contributed by atoms with E-state index in [2.05, 4.69) is 4.72 Å². The predicted molar refractivity (Wildman–Crippen MR) is 63.6 cm³/mol. The van der Waals surface area contributed by atoms with Crippen LogP contribution in [0, 0.1) is 5.82 Å². The molecule has 0 amide bonds. The number of nitrogens with one attached hydrogen (secondary N) is 1. The molecular formula is C11H16FNO2S. The van der Waals surface area contributed by atoms with E-state index in [-0.39, 0.29) is 11.1 Å². The third-order valence-electron chi connectivity index (χ3n) is 2.07. The maximum absolute atomic E-state index is 13.3. The third-order valence-corrected chi connectivity index (χ3v) is 2.67. The first-order chi connectivity index (χ1) is 7.08. The molecule has 0 radical (unpaired) electrons. The van der Waals surface area contributed by atoms with Crippen molar-refractivity contribution in [1.82, 2.24) is 0 Å². The van der Waals surface area contributed by atoms with Gasteiger partial charge in [0.15, 0.2) is 0 Å². The van der Waals surface area contributed by atoms with E-state index in [0.29, 0.717) is 0 Å². The smallest absolute Gasteiger partial charge is 0.229 e. The van der Waals surface area contributed by atoms with Gasteiger partial charge in [-0.3, -0.25) is 4.72 Å². The van der Waals surface area contributed by atoms with Crippen molar-refractivity contribution in [2.75, 3.05) is 11.0 Å². The Balaban J connectivity index is 3.19. The molecule has 0 aromatic heterocycles. The van der Waals surface area contributed by atoms with Gasteiger partial charge in [0, 0.05) is 0 Å². The molecule has 5 heteroatoms. The van der Waals surface area contributed by atoms with Crippen LogP contribution in [0.3, 0.4) is 0 Å². The van der Waals surface area contributed by atoms with E-state index in [1.807, 2.05) is 20.8 Å². The Morgan fingerprint density at radius 3 is 2.19 bits per heavy atom. The van der Waals surface area contributed by atoms with Crippen LogP contribution in [-0.2, 0) is 15.4 Å². The minimum atomic E-state index is -3.37. The molecule has 0 atom stereocenters. The highest BCUT2D eigenvalue weighted by Gasteiger charge is 2.16. The summed E-state index contributed by atoms with van der Waals surface area (Å²) in [6.45, 7) is 5.81. The lowest BCUT2D eigenvalue weighted by molar-refractivity contribution is 0.572. The van der Waals surface area contributed by atoms with Crippen molar-refractivity contribution in [3.05, 3.63) is 29.6 Å². The maximum atomic E-state index is 13.3. The zero-order valence-electron chi connectivity index (χ0n) is 9.83. The summed E-state index contributed by atoms with van der Waals surface area (Å²) in [5.74, 6) is -0.446. The minimum absolute atomic E-state index is 0.226. The van der Waals surface area contributed by atoms with Gasteiger partial charge in [0.05, 0.1) is 11.9 Å². The molecule has 0 saturated heterocycles. The molecule has 1 aromatic rings. The van der Waals surface area contributed by atoms with Crippen LogP contribution in [0.25, 0.3) is 0 Å². The second-order valence-corrected chi connectivity index (χ2v) is 6.60. The molecule has 90 valence electrons. The van der Waals surface area contributed by atoms with Gasteiger partial charge >= 0.3 is 0 Å². The Morgan fingerprint density at radius 2 is 1.75 bits per heavy atom. The molecule has 0 spiro atoms. The Labute approximate surface area is 95.7 Å². The molecule has 1 aromatic carbocycles. The van der Waals surface area contributed by atoms with Gasteiger partial charge in [-0.05, 0) is 29.2 Å². The topological polar surface area (TPSA) is 46.2 Å². The lowest BCUT2D eigenvalue weighted by atomic mass is 9.87. The molecule has 0 saturated carbocycles. The van der Waals surface area contributed by atoms with E-state index >= 15 is 0 Å². The third kappa shape index (κ3) is 3.81. The first-order valence-electron chi connectivity index (χ1n) is 4.87. The fourth-order valence-electron chi connectivity index (χ4n) is 1.30. The molecule has 0 aliphatic rings. The zero-order chi connectivity index (χ0) is 12.6. The summed E-state index contributed by atoms with van der Waals surface area (Å²) in [6.07, 6.45) is 1.04. The van der Waals surface area contributed by atoms with Gasteiger partial charge in [0.25, 0.3) is 0 Å². The SMILES string of the molecule is CC(C)(C)c1cc(F)cc(NS(C)(=O)=O)c1. The molecule has 3 nitrogen and oxygen atoms in total. The standard InChI is InChI=1S/C11H16FNO2S/c1-11(2,3)8-5-9(12)7-10(6-8)13-16(4,14)15/h5-7,13H,1-4H3. The van der Waals surface area contributed by atoms with Crippen molar-refractivity contribution < 1.29 is 12.8 Å². The van der Waals surface area contributed by atoms with Crippen LogP contribution in [-0.4, -0.2) is 14.7 Å². The highest BCUT2D eigenvalue weighted by Crippen LogP contribution is 2.26. The van der Waals surface area contributed by atoms with E-state index < -0.39 is 15.8 Å². The van der Waals surface area contributed by atoms with Crippen molar-refractivity contribution in [2.45, 2.75) is 26.2 Å². The molecule has 0 unspecified atom stereocenters. The second kappa shape index (κ2) is 4.05. The van der Waals surface area contributed by atoms with E-state index in [1.165, 1.54) is 6.07 Å². The maximum Gasteiger partial charge on any atom is 0.229 e. The normalized spacial score (nSPS) is 12.6. The van der Waals surface area contributed by atoms with Crippen molar-refractivity contribution >= 4 is 15.7 Å². The largest absolute Gasteiger partial charge is 0.284 e. The van der Waals surface area contributed by atoms with Crippen molar-refractivity contribution in [3.63, 3.8) is 0 Å². The molecule has 0 fully saturated rings. The molecule has 0 heterocycles. The predicted octanol–water partition coefficient (Wildman–Crippen LogP) is 2.49. The quantitative estimate of drug-likeness (QED) is 0.870. The monoisotopic (exact) mass is 245 g/mol. The molecule has 0 bridgehead atoms. The summed E-state index contributed by atoms with van der Waals surface area (Å²) in [5.41, 5.74) is 0.779. The van der Waals surface area contributed by atoms with Gasteiger partial charge in [0.1, 0.15) is 5.82 Å². The average molecular weight is 245 g/mol. The lowest BCUT2D eigenvalue weighted by Crippen LogP contribution is -2.14. The Bertz CT molecular complexity index is 489. The summed E-state index contributed by atoms with van der Waals surface area (Å²) in [4.78, 5) is 0. The van der Waals surface area contributed by atoms with Gasteiger partial charge in [0.2, 0.25) is 10.0 Å². The average Bonchev–Trinajstić information content (AvgIpc) is 1.97. The highest BCUT2D eigenvalue weighted by molar-refractivity contribution is 7.92. The number of anilines is 1. The highest BCUT2D eigenvalue weighted by atomic mass is 32.2. The number of benzene rings is 1. The van der Waals surface area contributed by atoms with E-state index in [9.17, 15) is 12.8 Å². The molecule has 0 aliphatic carbocycles. The molecule has 16 heavy (non-hydrogen) atoms. The number of hydrogen-bond acceptors (Lipinski definition) is 2. The Kier molecular flexibility index (Phi) is 3.28. The number of hydrogen-bond donors (Lipinski definition) is 1. The zero-order valence-corrected chi connectivity index (χ0v) is 10.7. The summed E-state index contributed by atoms with van der Waals surface area (Å²) in [7, 11) is -3.37. The molecule has 0 aliphatic heterocycles.